The van der Waals surface area contributed by atoms with Crippen LogP contribution in [0.4, 0.5) is 0 Å². The van der Waals surface area contributed by atoms with Crippen molar-refractivity contribution in [1.82, 2.24) is 0 Å². The quantitative estimate of drug-likeness (QED) is 0.594. The highest BCUT2D eigenvalue weighted by molar-refractivity contribution is 5.42. The van der Waals surface area contributed by atoms with Crippen molar-refractivity contribution in [1.29, 1.82) is 0 Å². The first-order valence-corrected chi connectivity index (χ1v) is 10.0. The highest BCUT2D eigenvalue weighted by Crippen LogP contribution is 2.32. The van der Waals surface area contributed by atoms with Gasteiger partial charge in [-0.25, -0.2) is 0 Å². The van der Waals surface area contributed by atoms with Crippen LogP contribution in [0.25, 0.3) is 0 Å². The summed E-state index contributed by atoms with van der Waals surface area (Å²) in [5, 5.41) is 21.5. The van der Waals surface area contributed by atoms with Gasteiger partial charge in [-0.1, -0.05) is 32.0 Å². The van der Waals surface area contributed by atoms with E-state index in [2.05, 4.69) is 0 Å². The molecule has 29 heavy (non-hydrogen) atoms. The van der Waals surface area contributed by atoms with E-state index in [-0.39, 0.29) is 0 Å². The molecule has 2 aromatic carbocycles. The van der Waals surface area contributed by atoms with E-state index in [1.807, 2.05) is 56.3 Å². The molecule has 0 bridgehead atoms. The molecule has 2 N–H and O–H groups in total. The van der Waals surface area contributed by atoms with Gasteiger partial charge in [-0.05, 0) is 61.1 Å². The first kappa shape index (κ1) is 23.0. The zero-order valence-electron chi connectivity index (χ0n) is 18.1. The van der Waals surface area contributed by atoms with Crippen LogP contribution in [0.5, 0.6) is 17.2 Å². The second-order valence-electron chi connectivity index (χ2n) is 7.97. The Morgan fingerprint density at radius 2 is 1.24 bits per heavy atom. The van der Waals surface area contributed by atoms with Gasteiger partial charge in [-0.15, -0.1) is 0 Å². The van der Waals surface area contributed by atoms with E-state index in [4.69, 9.17) is 14.2 Å². The first-order valence-electron chi connectivity index (χ1n) is 10.0. The number of aryl methyl sites for hydroxylation is 2. The lowest BCUT2D eigenvalue weighted by molar-refractivity contribution is -0.0534. The molecule has 160 valence electrons. The van der Waals surface area contributed by atoms with Gasteiger partial charge < -0.3 is 24.4 Å². The number of rotatable bonds is 11. The summed E-state index contributed by atoms with van der Waals surface area (Å²) in [4.78, 5) is 0. The SMILES string of the molecule is COc1ccc(CCC(O)C(C)(C)C(O)CCc2ccc(OC)c(OC)c2)cc1. The lowest BCUT2D eigenvalue weighted by atomic mass is 9.76. The van der Waals surface area contributed by atoms with Crippen LogP contribution in [0.1, 0.15) is 37.8 Å². The fourth-order valence-electron chi connectivity index (χ4n) is 3.40. The van der Waals surface area contributed by atoms with Crippen molar-refractivity contribution in [3.63, 3.8) is 0 Å². The van der Waals surface area contributed by atoms with Gasteiger partial charge in [0.2, 0.25) is 0 Å². The third kappa shape index (κ3) is 6.12. The van der Waals surface area contributed by atoms with E-state index in [0.717, 1.165) is 23.3 Å². The van der Waals surface area contributed by atoms with E-state index in [1.165, 1.54) is 0 Å². The molecule has 2 unspecified atom stereocenters. The van der Waals surface area contributed by atoms with Crippen molar-refractivity contribution in [2.24, 2.45) is 5.41 Å². The number of aliphatic hydroxyl groups is 2. The minimum absolute atomic E-state index is 0.558. The largest absolute Gasteiger partial charge is 0.497 e. The Balaban J connectivity index is 1.91. The van der Waals surface area contributed by atoms with E-state index in [9.17, 15) is 10.2 Å². The molecule has 0 spiro atoms. The van der Waals surface area contributed by atoms with Crippen LogP contribution in [0, 0.1) is 5.41 Å². The summed E-state index contributed by atoms with van der Waals surface area (Å²) in [5.41, 5.74) is 1.59. The fraction of sp³-hybridized carbons (Fsp3) is 0.500. The van der Waals surface area contributed by atoms with Gasteiger partial charge in [-0.2, -0.15) is 0 Å². The molecule has 0 saturated carbocycles. The smallest absolute Gasteiger partial charge is 0.160 e. The van der Waals surface area contributed by atoms with Crippen LogP contribution >= 0.6 is 0 Å². The predicted octanol–water partition coefficient (Wildman–Crippen LogP) is 4.03. The van der Waals surface area contributed by atoms with Crippen molar-refractivity contribution in [2.45, 2.75) is 51.7 Å². The molecule has 2 atom stereocenters. The molecule has 0 aliphatic heterocycles. The molecule has 0 heterocycles. The van der Waals surface area contributed by atoms with Crippen molar-refractivity contribution < 1.29 is 24.4 Å². The number of benzene rings is 2. The van der Waals surface area contributed by atoms with Gasteiger partial charge >= 0.3 is 0 Å². The maximum Gasteiger partial charge on any atom is 0.160 e. The fourth-order valence-corrected chi connectivity index (χ4v) is 3.40. The van der Waals surface area contributed by atoms with Crippen molar-refractivity contribution >= 4 is 0 Å². The maximum absolute atomic E-state index is 10.8. The molecule has 0 aromatic heterocycles. The highest BCUT2D eigenvalue weighted by atomic mass is 16.5. The number of hydrogen-bond acceptors (Lipinski definition) is 5. The van der Waals surface area contributed by atoms with Gasteiger partial charge in [0.25, 0.3) is 0 Å². The summed E-state index contributed by atoms with van der Waals surface area (Å²) in [5.74, 6) is 2.18. The normalized spacial score (nSPS) is 13.6. The van der Waals surface area contributed by atoms with Crippen molar-refractivity contribution in [3.8, 4) is 17.2 Å². The van der Waals surface area contributed by atoms with E-state index in [0.29, 0.717) is 30.8 Å². The van der Waals surface area contributed by atoms with Crippen LogP contribution in [-0.4, -0.2) is 43.8 Å². The van der Waals surface area contributed by atoms with Crippen LogP contribution in [-0.2, 0) is 12.8 Å². The Hall–Kier alpha value is -2.24. The molecule has 0 amide bonds. The van der Waals surface area contributed by atoms with Crippen LogP contribution in [0.3, 0.4) is 0 Å². The minimum atomic E-state index is -0.624. The van der Waals surface area contributed by atoms with E-state index in [1.54, 1.807) is 21.3 Å². The first-order chi connectivity index (χ1) is 13.8. The Labute approximate surface area is 174 Å². The summed E-state index contributed by atoms with van der Waals surface area (Å²) in [7, 11) is 4.86. The van der Waals surface area contributed by atoms with Crippen molar-refractivity contribution in [2.75, 3.05) is 21.3 Å². The number of hydrogen-bond donors (Lipinski definition) is 2. The standard InChI is InChI=1S/C24H34O5/c1-24(2,22(25)14-9-17-6-11-19(27-3)12-7-17)23(26)15-10-18-8-13-20(28-4)21(16-18)29-5/h6-8,11-13,16,22-23,25-26H,9-10,14-15H2,1-5H3. The topological polar surface area (TPSA) is 68.2 Å². The zero-order chi connectivity index (χ0) is 21.4. The molecule has 0 aliphatic carbocycles. The van der Waals surface area contributed by atoms with Gasteiger partial charge in [0.1, 0.15) is 5.75 Å². The third-order valence-electron chi connectivity index (χ3n) is 5.74. The Kier molecular flexibility index (Phi) is 8.35. The number of ether oxygens (including phenoxy) is 3. The Morgan fingerprint density at radius 3 is 1.76 bits per heavy atom. The lowest BCUT2D eigenvalue weighted by Gasteiger charge is -2.35. The molecule has 0 radical (unpaired) electrons. The monoisotopic (exact) mass is 402 g/mol. The molecular weight excluding hydrogens is 368 g/mol. The predicted molar refractivity (Wildman–Crippen MR) is 115 cm³/mol. The van der Waals surface area contributed by atoms with Crippen LogP contribution < -0.4 is 14.2 Å². The van der Waals surface area contributed by atoms with Gasteiger partial charge in [0, 0.05) is 5.41 Å². The van der Waals surface area contributed by atoms with E-state index < -0.39 is 17.6 Å². The maximum atomic E-state index is 10.8. The Bertz CT molecular complexity index is 754. The van der Waals surface area contributed by atoms with Gasteiger partial charge in [0.15, 0.2) is 11.5 Å². The second-order valence-corrected chi connectivity index (χ2v) is 7.97. The Morgan fingerprint density at radius 1 is 0.724 bits per heavy atom. The minimum Gasteiger partial charge on any atom is -0.497 e. The molecule has 5 nitrogen and oxygen atoms in total. The number of aliphatic hydroxyl groups excluding tert-OH is 2. The summed E-state index contributed by atoms with van der Waals surface area (Å²) >= 11 is 0. The third-order valence-corrected chi connectivity index (χ3v) is 5.74. The second kappa shape index (κ2) is 10.5. The molecule has 0 aliphatic rings. The molecule has 0 saturated heterocycles. The molecule has 0 fully saturated rings. The summed E-state index contributed by atoms with van der Waals surface area (Å²) in [6.45, 7) is 3.84. The average molecular weight is 403 g/mol. The van der Waals surface area contributed by atoms with E-state index >= 15 is 0 Å². The summed E-state index contributed by atoms with van der Waals surface area (Å²) in [6.07, 6.45) is 1.36. The molecule has 5 heteroatoms. The highest BCUT2D eigenvalue weighted by Gasteiger charge is 2.34. The van der Waals surface area contributed by atoms with Crippen molar-refractivity contribution in [3.05, 3.63) is 53.6 Å². The molecule has 2 rings (SSSR count). The van der Waals surface area contributed by atoms with Crippen LogP contribution in [0.15, 0.2) is 42.5 Å². The molecule has 2 aromatic rings. The summed E-state index contributed by atoms with van der Waals surface area (Å²) in [6, 6.07) is 13.6. The van der Waals surface area contributed by atoms with Crippen LogP contribution in [0.2, 0.25) is 0 Å². The van der Waals surface area contributed by atoms with Gasteiger partial charge in [0.05, 0.1) is 33.5 Å². The molecular formula is C24H34O5. The zero-order valence-corrected chi connectivity index (χ0v) is 18.1. The lowest BCUT2D eigenvalue weighted by Crippen LogP contribution is -2.41. The summed E-state index contributed by atoms with van der Waals surface area (Å²) < 4.78 is 15.8. The average Bonchev–Trinajstić information content (AvgIpc) is 2.75. The van der Waals surface area contributed by atoms with Gasteiger partial charge in [-0.3, -0.25) is 0 Å². The number of methoxy groups -OCH3 is 3.